The molecule has 6 heteroatoms. The number of piperidine rings is 1. The van der Waals surface area contributed by atoms with Crippen LogP contribution in [0, 0.1) is 12.8 Å². The Morgan fingerprint density at radius 1 is 1.11 bits per heavy atom. The maximum Gasteiger partial charge on any atom is 0.322 e. The highest BCUT2D eigenvalue weighted by Gasteiger charge is 2.47. The summed E-state index contributed by atoms with van der Waals surface area (Å²) in [6.45, 7) is 2.70. The number of methoxy groups -OCH3 is 1. The number of hydrogen-bond donors (Lipinski definition) is 2. The first kappa shape index (κ1) is 18.3. The number of likely N-dealkylation sites (tertiary alicyclic amines) is 1. The highest BCUT2D eigenvalue weighted by molar-refractivity contribution is 5.95. The minimum absolute atomic E-state index is 0.0170. The van der Waals surface area contributed by atoms with Gasteiger partial charge in [0.25, 0.3) is 5.91 Å². The Morgan fingerprint density at radius 2 is 1.89 bits per heavy atom. The molecule has 146 valence electrons. The van der Waals surface area contributed by atoms with E-state index in [9.17, 15) is 9.59 Å². The molecule has 1 saturated carbocycles. The quantitative estimate of drug-likeness (QED) is 0.855. The first-order valence-electron chi connectivity index (χ1n) is 9.63. The van der Waals surface area contributed by atoms with Gasteiger partial charge in [0.05, 0.1) is 18.8 Å². The topological polar surface area (TPSA) is 70.7 Å². The van der Waals surface area contributed by atoms with E-state index in [1.54, 1.807) is 19.2 Å². The van der Waals surface area contributed by atoms with E-state index in [0.717, 1.165) is 24.9 Å². The summed E-state index contributed by atoms with van der Waals surface area (Å²) in [6.07, 6.45) is 1.85. The molecule has 2 N–H and O–H groups in total. The lowest BCUT2D eigenvalue weighted by Gasteiger charge is -2.33. The molecule has 6 nitrogen and oxygen atoms in total. The minimum atomic E-state index is -0.143. The molecule has 0 aromatic heterocycles. The highest BCUT2D eigenvalue weighted by Crippen LogP contribution is 2.38. The number of urea groups is 1. The number of ether oxygens (including phenoxy) is 1. The lowest BCUT2D eigenvalue weighted by atomic mass is 10.1. The van der Waals surface area contributed by atoms with Crippen LogP contribution in [-0.2, 0) is 0 Å². The molecule has 2 aromatic carbocycles. The second kappa shape index (κ2) is 7.54. The number of anilines is 1. The average molecular weight is 379 g/mol. The smallest absolute Gasteiger partial charge is 0.322 e. The van der Waals surface area contributed by atoms with Crippen LogP contribution >= 0.6 is 0 Å². The third-order valence-electron chi connectivity index (χ3n) is 5.69. The second-order valence-corrected chi connectivity index (χ2v) is 7.64. The van der Waals surface area contributed by atoms with E-state index in [2.05, 4.69) is 10.6 Å². The van der Waals surface area contributed by atoms with Crippen molar-refractivity contribution in [2.24, 2.45) is 5.92 Å². The Labute approximate surface area is 164 Å². The second-order valence-electron chi connectivity index (χ2n) is 7.64. The molecular weight excluding hydrogens is 354 g/mol. The zero-order valence-corrected chi connectivity index (χ0v) is 16.1. The van der Waals surface area contributed by atoms with Crippen molar-refractivity contribution in [1.82, 2.24) is 10.2 Å². The zero-order valence-electron chi connectivity index (χ0n) is 16.1. The molecule has 2 aromatic rings. The number of benzene rings is 2. The first-order valence-corrected chi connectivity index (χ1v) is 9.63. The Hall–Kier alpha value is -3.02. The van der Waals surface area contributed by atoms with E-state index in [0.29, 0.717) is 22.9 Å². The van der Waals surface area contributed by atoms with Crippen molar-refractivity contribution in [3.8, 4) is 5.75 Å². The van der Waals surface area contributed by atoms with Gasteiger partial charge in [0.1, 0.15) is 5.75 Å². The molecule has 4 rings (SSSR count). The molecule has 3 amide bonds. The van der Waals surface area contributed by atoms with Crippen LogP contribution in [0.1, 0.15) is 28.8 Å². The molecule has 1 heterocycles. The summed E-state index contributed by atoms with van der Waals surface area (Å²) in [7, 11) is 1.59. The van der Waals surface area contributed by atoms with E-state index < -0.39 is 0 Å². The Morgan fingerprint density at radius 3 is 2.61 bits per heavy atom. The van der Waals surface area contributed by atoms with Crippen molar-refractivity contribution < 1.29 is 14.3 Å². The number of aryl methyl sites for hydroxylation is 1. The van der Waals surface area contributed by atoms with Crippen LogP contribution in [0.25, 0.3) is 0 Å². The predicted molar refractivity (Wildman–Crippen MR) is 108 cm³/mol. The third-order valence-corrected chi connectivity index (χ3v) is 5.69. The van der Waals surface area contributed by atoms with Crippen molar-refractivity contribution >= 4 is 17.6 Å². The summed E-state index contributed by atoms with van der Waals surface area (Å²) >= 11 is 0. The number of nitrogens with zero attached hydrogens (tertiary/aromatic N) is 1. The lowest BCUT2D eigenvalue weighted by molar-refractivity contribution is 0.0906. The summed E-state index contributed by atoms with van der Waals surface area (Å²) in [4.78, 5) is 27.3. The Bertz CT molecular complexity index is 884. The number of carbonyl (C=O) groups excluding carboxylic acids is 2. The van der Waals surface area contributed by atoms with E-state index in [-0.39, 0.29) is 24.0 Å². The van der Waals surface area contributed by atoms with Crippen LogP contribution < -0.4 is 15.4 Å². The van der Waals surface area contributed by atoms with Crippen LogP contribution in [0.15, 0.2) is 48.5 Å². The summed E-state index contributed by atoms with van der Waals surface area (Å²) < 4.78 is 5.36. The Kier molecular flexibility index (Phi) is 4.94. The van der Waals surface area contributed by atoms with Gasteiger partial charge in [0.2, 0.25) is 0 Å². The van der Waals surface area contributed by atoms with Gasteiger partial charge in [-0.3, -0.25) is 4.79 Å². The molecule has 1 aliphatic carbocycles. The number of hydrogen-bond acceptors (Lipinski definition) is 3. The van der Waals surface area contributed by atoms with E-state index in [1.165, 1.54) is 0 Å². The van der Waals surface area contributed by atoms with Crippen molar-refractivity contribution in [1.29, 1.82) is 0 Å². The van der Waals surface area contributed by atoms with Gasteiger partial charge in [-0.2, -0.15) is 0 Å². The number of fused-ring (bicyclic) bond motifs is 2. The molecule has 1 aliphatic heterocycles. The average Bonchev–Trinajstić information content (AvgIpc) is 3.29. The van der Waals surface area contributed by atoms with Crippen LogP contribution in [-0.4, -0.2) is 42.6 Å². The molecule has 0 spiro atoms. The van der Waals surface area contributed by atoms with Crippen molar-refractivity contribution in [2.45, 2.75) is 31.8 Å². The molecule has 2 aliphatic rings. The zero-order chi connectivity index (χ0) is 19.7. The van der Waals surface area contributed by atoms with Crippen molar-refractivity contribution in [3.63, 3.8) is 0 Å². The van der Waals surface area contributed by atoms with E-state index in [4.69, 9.17) is 4.74 Å². The SMILES string of the molecule is COc1ccc(C)cc1NC(=O)N1CC2CC(NC(=O)c3ccccc3)C1C2. The molecule has 0 radical (unpaired) electrons. The fraction of sp³-hybridized carbons (Fsp3) is 0.364. The molecule has 28 heavy (non-hydrogen) atoms. The number of rotatable bonds is 4. The third kappa shape index (κ3) is 3.54. The minimum Gasteiger partial charge on any atom is -0.495 e. The van der Waals surface area contributed by atoms with Gasteiger partial charge < -0.3 is 20.3 Å². The standard InChI is InChI=1S/C22H25N3O3/c1-14-8-9-20(28-2)18(10-14)24-22(27)25-13-15-11-17(19(25)12-15)23-21(26)16-6-4-3-5-7-16/h3-10,15,17,19H,11-13H2,1-2H3,(H,23,26)(H,24,27). The van der Waals surface area contributed by atoms with Crippen LogP contribution in [0.3, 0.4) is 0 Å². The van der Waals surface area contributed by atoms with Gasteiger partial charge in [-0.1, -0.05) is 24.3 Å². The largest absolute Gasteiger partial charge is 0.495 e. The van der Waals surface area contributed by atoms with Crippen molar-refractivity contribution in [3.05, 3.63) is 59.7 Å². The molecule has 2 bridgehead atoms. The lowest BCUT2D eigenvalue weighted by Crippen LogP contribution is -2.53. The van der Waals surface area contributed by atoms with E-state index >= 15 is 0 Å². The predicted octanol–water partition coefficient (Wildman–Crippen LogP) is 3.43. The molecular formula is C22H25N3O3. The fourth-order valence-corrected chi connectivity index (χ4v) is 4.36. The van der Waals surface area contributed by atoms with Gasteiger partial charge >= 0.3 is 6.03 Å². The molecule has 2 fully saturated rings. The molecule has 3 atom stereocenters. The number of amides is 3. The summed E-state index contributed by atoms with van der Waals surface area (Å²) in [6, 6.07) is 14.8. The fourth-order valence-electron chi connectivity index (χ4n) is 4.36. The summed E-state index contributed by atoms with van der Waals surface area (Å²) in [5.74, 6) is 0.979. The normalized spacial score (nSPS) is 22.8. The maximum atomic E-state index is 12.9. The highest BCUT2D eigenvalue weighted by atomic mass is 16.5. The molecule has 3 unspecified atom stereocenters. The van der Waals surface area contributed by atoms with Gasteiger partial charge in [-0.15, -0.1) is 0 Å². The van der Waals surface area contributed by atoms with Gasteiger partial charge in [-0.25, -0.2) is 4.79 Å². The summed E-state index contributed by atoms with van der Waals surface area (Å²) in [5, 5.41) is 6.11. The van der Waals surface area contributed by atoms with E-state index in [1.807, 2.05) is 48.2 Å². The monoisotopic (exact) mass is 379 g/mol. The van der Waals surface area contributed by atoms with Gasteiger partial charge in [-0.05, 0) is 55.5 Å². The van der Waals surface area contributed by atoms with Gasteiger partial charge in [0.15, 0.2) is 0 Å². The van der Waals surface area contributed by atoms with Crippen LogP contribution in [0.4, 0.5) is 10.5 Å². The number of nitrogens with one attached hydrogen (secondary N) is 2. The first-order chi connectivity index (χ1) is 13.5. The Balaban J connectivity index is 1.44. The van der Waals surface area contributed by atoms with Gasteiger partial charge in [0, 0.05) is 18.2 Å². The summed E-state index contributed by atoms with van der Waals surface area (Å²) in [5.41, 5.74) is 2.36. The van der Waals surface area contributed by atoms with Crippen molar-refractivity contribution in [2.75, 3.05) is 19.0 Å². The van der Waals surface area contributed by atoms with Crippen LogP contribution in [0.5, 0.6) is 5.75 Å². The molecule has 1 saturated heterocycles. The number of carbonyl (C=O) groups is 2. The maximum absolute atomic E-state index is 12.9. The van der Waals surface area contributed by atoms with Crippen LogP contribution in [0.2, 0.25) is 0 Å².